The van der Waals surface area contributed by atoms with Crippen LogP contribution in [0, 0.1) is 5.92 Å². The van der Waals surface area contributed by atoms with E-state index >= 15 is 0 Å². The summed E-state index contributed by atoms with van der Waals surface area (Å²) in [4.78, 5) is 0. The Morgan fingerprint density at radius 3 is 2.68 bits per heavy atom. The highest BCUT2D eigenvalue weighted by atomic mass is 35.5. The van der Waals surface area contributed by atoms with Crippen molar-refractivity contribution in [2.75, 3.05) is 0 Å². The third kappa shape index (κ3) is 2.80. The van der Waals surface area contributed by atoms with Gasteiger partial charge in [-0.15, -0.1) is 0 Å². The van der Waals surface area contributed by atoms with E-state index in [1.165, 1.54) is 5.56 Å². The lowest BCUT2D eigenvalue weighted by Crippen LogP contribution is -2.50. The number of para-hydroxylation sites is 1. The van der Waals surface area contributed by atoms with Crippen LogP contribution < -0.4 is 4.74 Å². The van der Waals surface area contributed by atoms with Gasteiger partial charge >= 0.3 is 0 Å². The lowest BCUT2D eigenvalue weighted by atomic mass is 9.70. The van der Waals surface area contributed by atoms with E-state index in [-0.39, 0.29) is 29.8 Å². The normalized spacial score (nSPS) is 30.1. The molecule has 132 valence electrons. The smallest absolute Gasteiger partial charge is 0.167 e. The molecular weight excluding hydrogens is 336 g/mol. The molecule has 0 amide bonds. The Balaban J connectivity index is 1.73. The number of aromatic hydroxyl groups is 1. The highest BCUT2D eigenvalue weighted by Gasteiger charge is 2.50. The largest absolute Gasteiger partial charge is 0.504 e. The van der Waals surface area contributed by atoms with E-state index in [0.717, 1.165) is 17.0 Å². The summed E-state index contributed by atoms with van der Waals surface area (Å²) in [5.74, 6) is 1.20. The minimum absolute atomic E-state index is 0.0591. The number of halogens is 1. The molecule has 4 rings (SSSR count). The van der Waals surface area contributed by atoms with Gasteiger partial charge in [0.25, 0.3) is 0 Å². The zero-order valence-corrected chi connectivity index (χ0v) is 15.5. The van der Waals surface area contributed by atoms with Gasteiger partial charge in [0, 0.05) is 22.4 Å². The van der Waals surface area contributed by atoms with E-state index in [2.05, 4.69) is 26.8 Å². The molecule has 0 aromatic heterocycles. The first-order valence-corrected chi connectivity index (χ1v) is 9.16. The summed E-state index contributed by atoms with van der Waals surface area (Å²) < 4.78 is 12.7. The Labute approximate surface area is 153 Å². The number of rotatable bonds is 1. The predicted octanol–water partition coefficient (Wildman–Crippen LogP) is 5.47. The third-order valence-corrected chi connectivity index (χ3v) is 5.90. The highest BCUT2D eigenvalue weighted by molar-refractivity contribution is 6.30. The van der Waals surface area contributed by atoms with Crippen LogP contribution in [0.2, 0.25) is 5.02 Å². The van der Waals surface area contributed by atoms with Crippen LogP contribution in [0.3, 0.4) is 0 Å². The summed E-state index contributed by atoms with van der Waals surface area (Å²) in [5.41, 5.74) is 1.73. The zero-order chi connectivity index (χ0) is 17.8. The number of hydrogen-bond acceptors (Lipinski definition) is 3. The van der Waals surface area contributed by atoms with Gasteiger partial charge < -0.3 is 14.6 Å². The molecule has 2 aliphatic rings. The van der Waals surface area contributed by atoms with Crippen molar-refractivity contribution in [3.05, 3.63) is 58.6 Å². The number of hydrogen-bond donors (Lipinski definition) is 1. The summed E-state index contributed by atoms with van der Waals surface area (Å²) in [6.45, 7) is 6.27. The quantitative estimate of drug-likeness (QED) is 0.735. The maximum Gasteiger partial charge on any atom is 0.167 e. The minimum atomic E-state index is -0.423. The first kappa shape index (κ1) is 16.7. The second-order valence-corrected chi connectivity index (χ2v) is 8.10. The minimum Gasteiger partial charge on any atom is -0.504 e. The van der Waals surface area contributed by atoms with E-state index in [0.29, 0.717) is 5.75 Å². The van der Waals surface area contributed by atoms with Gasteiger partial charge in [0.1, 0.15) is 5.60 Å². The van der Waals surface area contributed by atoms with Crippen LogP contribution in [0.15, 0.2) is 42.5 Å². The molecule has 3 nitrogen and oxygen atoms in total. The Morgan fingerprint density at radius 2 is 1.92 bits per heavy atom. The number of ether oxygens (including phenoxy) is 2. The van der Waals surface area contributed by atoms with Gasteiger partial charge in [0.2, 0.25) is 0 Å². The fourth-order valence-corrected chi connectivity index (χ4v) is 4.51. The van der Waals surface area contributed by atoms with E-state index in [1.54, 1.807) is 6.07 Å². The number of phenolic OH excluding ortho intramolecular Hbond substituents is 1. The summed E-state index contributed by atoms with van der Waals surface area (Å²) in [6.07, 6.45) is 0.939. The molecule has 1 saturated heterocycles. The van der Waals surface area contributed by atoms with Crippen LogP contribution in [0.25, 0.3) is 0 Å². The van der Waals surface area contributed by atoms with E-state index in [9.17, 15) is 5.11 Å². The van der Waals surface area contributed by atoms with Crippen LogP contribution >= 0.6 is 11.6 Å². The monoisotopic (exact) mass is 358 g/mol. The van der Waals surface area contributed by atoms with Gasteiger partial charge in [0.15, 0.2) is 11.5 Å². The van der Waals surface area contributed by atoms with Crippen LogP contribution in [0.4, 0.5) is 0 Å². The molecule has 4 heteroatoms. The summed E-state index contributed by atoms with van der Waals surface area (Å²) in [5, 5.41) is 11.0. The number of phenols is 1. The van der Waals surface area contributed by atoms with Crippen molar-refractivity contribution in [1.29, 1.82) is 0 Å². The van der Waals surface area contributed by atoms with Gasteiger partial charge in [0.05, 0.1) is 12.2 Å². The van der Waals surface area contributed by atoms with Gasteiger partial charge in [-0.05, 0) is 51.0 Å². The molecule has 0 aliphatic carbocycles. The molecular formula is C21H23ClO3. The molecule has 2 aromatic rings. The Kier molecular flexibility index (Phi) is 3.97. The lowest BCUT2D eigenvalue weighted by Gasteiger charge is -2.50. The first-order chi connectivity index (χ1) is 11.9. The van der Waals surface area contributed by atoms with Crippen molar-refractivity contribution < 1.29 is 14.6 Å². The van der Waals surface area contributed by atoms with Crippen molar-refractivity contribution in [3.63, 3.8) is 0 Å². The molecule has 0 unspecified atom stereocenters. The molecule has 25 heavy (non-hydrogen) atoms. The van der Waals surface area contributed by atoms with E-state index in [4.69, 9.17) is 21.1 Å². The second-order valence-electron chi connectivity index (χ2n) is 7.67. The second kappa shape index (κ2) is 5.93. The average molecular weight is 359 g/mol. The van der Waals surface area contributed by atoms with Crippen molar-refractivity contribution in [2.45, 2.75) is 50.9 Å². The van der Waals surface area contributed by atoms with Gasteiger partial charge in [-0.2, -0.15) is 0 Å². The first-order valence-electron chi connectivity index (χ1n) is 8.78. The topological polar surface area (TPSA) is 38.7 Å². The van der Waals surface area contributed by atoms with Gasteiger partial charge in [-0.25, -0.2) is 0 Å². The standard InChI is InChI=1S/C21H23ClO3/c1-12-16(13-6-4-7-14(22)10-13)11-17-19(24-12)15-8-5-9-18(23)20(15)25-21(17,2)3/h4-10,12,16-17,19,23H,11H2,1-3H3/t12-,16-,17-,19+/m0/s1. The molecule has 4 atom stereocenters. The zero-order valence-electron chi connectivity index (χ0n) is 14.7. The molecule has 2 heterocycles. The SMILES string of the molecule is C[C@@H]1O[C@@H]2c3cccc(O)c3OC(C)(C)[C@H]2C[C@@H]1c1cccc(Cl)c1. The number of fused-ring (bicyclic) bond motifs is 3. The highest BCUT2D eigenvalue weighted by Crippen LogP contribution is 2.55. The van der Waals surface area contributed by atoms with E-state index < -0.39 is 5.60 Å². The fraction of sp³-hybridized carbons (Fsp3) is 0.429. The predicted molar refractivity (Wildman–Crippen MR) is 98.4 cm³/mol. The van der Waals surface area contributed by atoms with Crippen LogP contribution in [-0.2, 0) is 4.74 Å². The molecule has 2 aromatic carbocycles. The van der Waals surface area contributed by atoms with Crippen LogP contribution in [0.5, 0.6) is 11.5 Å². The fourth-order valence-electron chi connectivity index (χ4n) is 4.31. The molecule has 0 bridgehead atoms. The third-order valence-electron chi connectivity index (χ3n) is 5.67. The average Bonchev–Trinajstić information content (AvgIpc) is 2.55. The summed E-state index contributed by atoms with van der Waals surface area (Å²) >= 11 is 6.20. The number of benzene rings is 2. The van der Waals surface area contributed by atoms with E-state index in [1.807, 2.05) is 30.3 Å². The molecule has 1 fully saturated rings. The Hall–Kier alpha value is -1.71. The lowest BCUT2D eigenvalue weighted by molar-refractivity contribution is -0.153. The molecule has 2 aliphatic heterocycles. The summed E-state index contributed by atoms with van der Waals surface area (Å²) in [6, 6.07) is 13.5. The molecule has 1 N–H and O–H groups in total. The van der Waals surface area contributed by atoms with Gasteiger partial charge in [-0.3, -0.25) is 0 Å². The maximum absolute atomic E-state index is 10.2. The Morgan fingerprint density at radius 1 is 1.16 bits per heavy atom. The van der Waals surface area contributed by atoms with Crippen molar-refractivity contribution in [3.8, 4) is 11.5 Å². The van der Waals surface area contributed by atoms with Gasteiger partial charge in [-0.1, -0.05) is 35.9 Å². The van der Waals surface area contributed by atoms with Crippen molar-refractivity contribution >= 4 is 11.6 Å². The molecule has 0 radical (unpaired) electrons. The Bertz CT molecular complexity index is 801. The molecule has 0 spiro atoms. The molecule has 0 saturated carbocycles. The van der Waals surface area contributed by atoms with Crippen molar-refractivity contribution in [2.24, 2.45) is 5.92 Å². The van der Waals surface area contributed by atoms with Crippen LogP contribution in [-0.4, -0.2) is 16.8 Å². The van der Waals surface area contributed by atoms with Crippen molar-refractivity contribution in [1.82, 2.24) is 0 Å². The summed E-state index contributed by atoms with van der Waals surface area (Å²) in [7, 11) is 0. The van der Waals surface area contributed by atoms with Crippen LogP contribution in [0.1, 0.15) is 50.3 Å². The maximum atomic E-state index is 10.2.